The van der Waals surface area contributed by atoms with Gasteiger partial charge in [0.2, 0.25) is 0 Å². The molecule has 3 rings (SSSR count). The molecule has 0 radical (unpaired) electrons. The number of rotatable bonds is 8. The highest BCUT2D eigenvalue weighted by molar-refractivity contribution is 5.86. The highest BCUT2D eigenvalue weighted by atomic mass is 16.3. The third-order valence-corrected chi connectivity index (χ3v) is 5.27. The summed E-state index contributed by atoms with van der Waals surface area (Å²) in [5.41, 5.74) is 2.39. The van der Waals surface area contributed by atoms with E-state index in [4.69, 9.17) is 0 Å². The van der Waals surface area contributed by atoms with Crippen LogP contribution < -0.4 is 5.32 Å². The fourth-order valence-electron chi connectivity index (χ4n) is 3.80. The molecule has 4 nitrogen and oxygen atoms in total. The average Bonchev–Trinajstić information content (AvgIpc) is 2.66. The largest absolute Gasteiger partial charge is 0.379 e. The summed E-state index contributed by atoms with van der Waals surface area (Å²) < 4.78 is 0. The smallest absolute Gasteiger partial charge is 0.255 e. The van der Waals surface area contributed by atoms with E-state index in [1.165, 1.54) is 16.7 Å². The summed E-state index contributed by atoms with van der Waals surface area (Å²) in [7, 11) is 0. The molecular formula is C23H30N2O2. The van der Waals surface area contributed by atoms with Crippen LogP contribution in [0.25, 0.3) is 0 Å². The van der Waals surface area contributed by atoms with E-state index in [0.717, 1.165) is 25.8 Å². The first kappa shape index (κ1) is 19.6. The molecule has 1 atom stereocenters. The van der Waals surface area contributed by atoms with Gasteiger partial charge in [-0.15, -0.1) is 0 Å². The standard InChI is InChI=1S/C23H30N2O2/c1-19-8-5-11-21(16-19)17-24-18-23(27)13-7-15-25(22(23)26)14-6-12-20-9-3-2-4-10-20/h2-5,8-11,16,24,27H,6-7,12-15,17-18H2,1H3. The molecule has 0 bridgehead atoms. The fourth-order valence-corrected chi connectivity index (χ4v) is 3.80. The summed E-state index contributed by atoms with van der Waals surface area (Å²) in [6, 6.07) is 18.6. The van der Waals surface area contributed by atoms with Crippen molar-refractivity contribution in [3.05, 3.63) is 71.3 Å². The number of likely N-dealkylation sites (tertiary alicyclic amines) is 1. The zero-order valence-electron chi connectivity index (χ0n) is 16.2. The van der Waals surface area contributed by atoms with Crippen LogP contribution in [0.2, 0.25) is 0 Å². The quantitative estimate of drug-likeness (QED) is 0.755. The van der Waals surface area contributed by atoms with Crippen molar-refractivity contribution in [2.45, 2.75) is 44.8 Å². The number of aliphatic hydroxyl groups is 1. The Balaban J connectivity index is 1.48. The third-order valence-electron chi connectivity index (χ3n) is 5.27. The Morgan fingerprint density at radius 2 is 1.89 bits per heavy atom. The van der Waals surface area contributed by atoms with E-state index >= 15 is 0 Å². The van der Waals surface area contributed by atoms with Crippen LogP contribution >= 0.6 is 0 Å². The molecule has 0 aliphatic carbocycles. The van der Waals surface area contributed by atoms with Crippen LogP contribution in [0, 0.1) is 6.92 Å². The van der Waals surface area contributed by atoms with Crippen LogP contribution in [-0.2, 0) is 17.8 Å². The lowest BCUT2D eigenvalue weighted by Gasteiger charge is -2.38. The van der Waals surface area contributed by atoms with Gasteiger partial charge in [-0.2, -0.15) is 0 Å². The number of hydrogen-bond donors (Lipinski definition) is 2. The minimum Gasteiger partial charge on any atom is -0.379 e. The van der Waals surface area contributed by atoms with E-state index in [1.807, 2.05) is 29.2 Å². The van der Waals surface area contributed by atoms with E-state index in [2.05, 4.69) is 42.6 Å². The molecule has 2 aromatic carbocycles. The number of hydrogen-bond acceptors (Lipinski definition) is 3. The summed E-state index contributed by atoms with van der Waals surface area (Å²) in [5, 5.41) is 14.2. The lowest BCUT2D eigenvalue weighted by atomic mass is 9.91. The Morgan fingerprint density at radius 1 is 1.11 bits per heavy atom. The highest BCUT2D eigenvalue weighted by Gasteiger charge is 2.41. The van der Waals surface area contributed by atoms with Gasteiger partial charge in [0.1, 0.15) is 0 Å². The van der Waals surface area contributed by atoms with Crippen molar-refractivity contribution in [1.82, 2.24) is 10.2 Å². The second-order valence-corrected chi connectivity index (χ2v) is 7.61. The Morgan fingerprint density at radius 3 is 2.67 bits per heavy atom. The first-order valence-electron chi connectivity index (χ1n) is 9.89. The van der Waals surface area contributed by atoms with Crippen LogP contribution in [0.1, 0.15) is 36.0 Å². The maximum Gasteiger partial charge on any atom is 0.255 e. The van der Waals surface area contributed by atoms with Gasteiger partial charge in [0.25, 0.3) is 5.91 Å². The zero-order chi connectivity index (χ0) is 19.1. The van der Waals surface area contributed by atoms with Gasteiger partial charge < -0.3 is 15.3 Å². The summed E-state index contributed by atoms with van der Waals surface area (Å²) in [5.74, 6) is -0.126. The highest BCUT2D eigenvalue weighted by Crippen LogP contribution is 2.23. The number of amides is 1. The van der Waals surface area contributed by atoms with Gasteiger partial charge in [-0.1, -0.05) is 60.2 Å². The number of piperidine rings is 1. The SMILES string of the molecule is Cc1cccc(CNCC2(O)CCCN(CCCc3ccccc3)C2=O)c1. The van der Waals surface area contributed by atoms with E-state index < -0.39 is 5.60 Å². The normalized spacial score (nSPS) is 20.1. The molecule has 4 heteroatoms. The first-order chi connectivity index (χ1) is 13.1. The molecule has 1 heterocycles. The van der Waals surface area contributed by atoms with Gasteiger partial charge in [0, 0.05) is 26.2 Å². The molecule has 1 aliphatic heterocycles. The predicted molar refractivity (Wildman–Crippen MR) is 108 cm³/mol. The van der Waals surface area contributed by atoms with Crippen molar-refractivity contribution in [3.8, 4) is 0 Å². The molecule has 2 aromatic rings. The minimum absolute atomic E-state index is 0.126. The number of aryl methyl sites for hydroxylation is 2. The van der Waals surface area contributed by atoms with Gasteiger partial charge in [-0.05, 0) is 43.7 Å². The van der Waals surface area contributed by atoms with Crippen LogP contribution in [0.4, 0.5) is 0 Å². The summed E-state index contributed by atoms with van der Waals surface area (Å²) >= 11 is 0. The summed E-state index contributed by atoms with van der Waals surface area (Å²) in [6.45, 7) is 4.47. The molecule has 0 aromatic heterocycles. The van der Waals surface area contributed by atoms with Crippen LogP contribution in [0.3, 0.4) is 0 Å². The number of carbonyl (C=O) groups excluding carboxylic acids is 1. The minimum atomic E-state index is -1.28. The van der Waals surface area contributed by atoms with Gasteiger partial charge in [0.05, 0.1) is 0 Å². The average molecular weight is 367 g/mol. The molecule has 144 valence electrons. The van der Waals surface area contributed by atoms with Crippen molar-refractivity contribution >= 4 is 5.91 Å². The molecule has 0 spiro atoms. The molecule has 1 unspecified atom stereocenters. The van der Waals surface area contributed by atoms with Crippen LogP contribution in [0.5, 0.6) is 0 Å². The van der Waals surface area contributed by atoms with E-state index in [0.29, 0.717) is 26.1 Å². The Hall–Kier alpha value is -2.17. The van der Waals surface area contributed by atoms with Crippen molar-refractivity contribution in [2.75, 3.05) is 19.6 Å². The summed E-state index contributed by atoms with van der Waals surface area (Å²) in [6.07, 6.45) is 3.25. The molecule has 1 fully saturated rings. The summed E-state index contributed by atoms with van der Waals surface area (Å²) in [4.78, 5) is 14.7. The second kappa shape index (κ2) is 9.16. The topological polar surface area (TPSA) is 52.6 Å². The number of nitrogens with one attached hydrogen (secondary N) is 1. The Kier molecular flexibility index (Phi) is 6.64. The van der Waals surface area contributed by atoms with Gasteiger partial charge in [-0.3, -0.25) is 4.79 Å². The van der Waals surface area contributed by atoms with Gasteiger partial charge in [-0.25, -0.2) is 0 Å². The Labute approximate surface area is 162 Å². The molecule has 2 N–H and O–H groups in total. The van der Waals surface area contributed by atoms with Crippen molar-refractivity contribution in [3.63, 3.8) is 0 Å². The first-order valence-corrected chi connectivity index (χ1v) is 9.89. The van der Waals surface area contributed by atoms with Gasteiger partial charge in [0.15, 0.2) is 5.60 Å². The fraction of sp³-hybridized carbons (Fsp3) is 0.435. The number of nitrogens with zero attached hydrogens (tertiary/aromatic N) is 1. The molecule has 1 saturated heterocycles. The second-order valence-electron chi connectivity index (χ2n) is 7.61. The zero-order valence-corrected chi connectivity index (χ0v) is 16.2. The lowest BCUT2D eigenvalue weighted by Crippen LogP contribution is -2.58. The number of carbonyl (C=O) groups is 1. The maximum atomic E-state index is 12.8. The van der Waals surface area contributed by atoms with E-state index in [9.17, 15) is 9.90 Å². The van der Waals surface area contributed by atoms with Crippen LogP contribution in [-0.4, -0.2) is 41.1 Å². The van der Waals surface area contributed by atoms with Crippen LogP contribution in [0.15, 0.2) is 54.6 Å². The maximum absolute atomic E-state index is 12.8. The van der Waals surface area contributed by atoms with Crippen molar-refractivity contribution in [1.29, 1.82) is 0 Å². The molecule has 0 saturated carbocycles. The van der Waals surface area contributed by atoms with E-state index in [1.54, 1.807) is 0 Å². The molecule has 1 aliphatic rings. The predicted octanol–water partition coefficient (Wildman–Crippen LogP) is 3.07. The molecular weight excluding hydrogens is 336 g/mol. The van der Waals surface area contributed by atoms with E-state index in [-0.39, 0.29) is 5.91 Å². The molecule has 27 heavy (non-hydrogen) atoms. The van der Waals surface area contributed by atoms with Crippen molar-refractivity contribution in [2.24, 2.45) is 0 Å². The lowest BCUT2D eigenvalue weighted by molar-refractivity contribution is -0.156. The Bertz CT molecular complexity index is 747. The molecule has 1 amide bonds. The monoisotopic (exact) mass is 366 g/mol. The third kappa shape index (κ3) is 5.41. The van der Waals surface area contributed by atoms with Gasteiger partial charge >= 0.3 is 0 Å². The van der Waals surface area contributed by atoms with Crippen molar-refractivity contribution < 1.29 is 9.90 Å². The number of benzene rings is 2.